The minimum Gasteiger partial charge on any atom is -0.438 e. The van der Waals surface area contributed by atoms with Crippen molar-refractivity contribution in [2.75, 3.05) is 0 Å². The van der Waals surface area contributed by atoms with E-state index < -0.39 is 0 Å². The molecule has 1 aromatic heterocycles. The Hall–Kier alpha value is -1.87. The number of aromatic nitrogens is 1. The van der Waals surface area contributed by atoms with E-state index >= 15 is 0 Å². The minimum atomic E-state index is -0.114. The van der Waals surface area contributed by atoms with Gasteiger partial charge in [0.25, 0.3) is 0 Å². The third kappa shape index (κ3) is 3.61. The lowest BCUT2D eigenvalue weighted by atomic mass is 9.86. The van der Waals surface area contributed by atoms with Crippen molar-refractivity contribution < 1.29 is 4.74 Å². The molecule has 0 amide bonds. The van der Waals surface area contributed by atoms with Gasteiger partial charge in [0, 0.05) is 23.4 Å². The summed E-state index contributed by atoms with van der Waals surface area (Å²) in [6, 6.07) is 10.0. The maximum Gasteiger partial charge on any atom is 0.223 e. The molecule has 2 N–H and O–H groups in total. The van der Waals surface area contributed by atoms with Gasteiger partial charge in [-0.1, -0.05) is 39.0 Å². The highest BCUT2D eigenvalue weighted by Gasteiger charge is 2.20. The van der Waals surface area contributed by atoms with Crippen LogP contribution in [0.4, 0.5) is 0 Å². The van der Waals surface area contributed by atoms with Gasteiger partial charge >= 0.3 is 0 Å². The zero-order valence-corrected chi connectivity index (χ0v) is 13.5. The molecule has 0 spiro atoms. The first-order valence-corrected chi connectivity index (χ1v) is 7.28. The molecule has 1 heterocycles. The lowest BCUT2D eigenvalue weighted by Gasteiger charge is -2.23. The molecule has 0 fully saturated rings. The summed E-state index contributed by atoms with van der Waals surface area (Å²) >= 11 is 0. The van der Waals surface area contributed by atoms with Crippen LogP contribution in [0, 0.1) is 6.92 Å². The van der Waals surface area contributed by atoms with Crippen LogP contribution in [0.2, 0.25) is 0 Å². The molecule has 0 saturated heterocycles. The molecule has 3 nitrogen and oxygen atoms in total. The predicted octanol–water partition coefficient (Wildman–Crippen LogP) is 4.50. The molecule has 0 aliphatic carbocycles. The van der Waals surface area contributed by atoms with Gasteiger partial charge in [-0.3, -0.25) is 0 Å². The standard InChI is InChI=1S/C18H24N2O/c1-12-8-9-15(18(3,4)5)16(11-12)21-17-14(13(2)19)7-6-10-20-17/h6-11,13H,19H2,1-5H3/t13-/m0/s1. The number of rotatable bonds is 3. The van der Waals surface area contributed by atoms with Gasteiger partial charge < -0.3 is 10.5 Å². The Balaban J connectivity index is 2.47. The molecule has 0 unspecified atom stereocenters. The third-order valence-corrected chi connectivity index (χ3v) is 3.44. The predicted molar refractivity (Wildman–Crippen MR) is 86.8 cm³/mol. The van der Waals surface area contributed by atoms with E-state index in [0.29, 0.717) is 5.88 Å². The number of hydrogen-bond acceptors (Lipinski definition) is 3. The van der Waals surface area contributed by atoms with Crippen molar-refractivity contribution in [3.8, 4) is 11.6 Å². The maximum atomic E-state index is 6.12. The normalized spacial score (nSPS) is 13.0. The van der Waals surface area contributed by atoms with Gasteiger partial charge in [0.15, 0.2) is 0 Å². The van der Waals surface area contributed by atoms with Gasteiger partial charge in [-0.2, -0.15) is 0 Å². The summed E-state index contributed by atoms with van der Waals surface area (Å²) in [6.45, 7) is 10.5. The van der Waals surface area contributed by atoms with E-state index in [1.165, 1.54) is 0 Å². The first kappa shape index (κ1) is 15.5. The highest BCUT2D eigenvalue weighted by Crippen LogP contribution is 2.35. The largest absolute Gasteiger partial charge is 0.438 e. The van der Waals surface area contributed by atoms with Crippen LogP contribution in [-0.4, -0.2) is 4.98 Å². The van der Waals surface area contributed by atoms with E-state index in [4.69, 9.17) is 10.5 Å². The summed E-state index contributed by atoms with van der Waals surface area (Å²) in [6.07, 6.45) is 1.73. The fourth-order valence-electron chi connectivity index (χ4n) is 2.27. The number of aryl methyl sites for hydroxylation is 1. The van der Waals surface area contributed by atoms with Crippen LogP contribution in [0.25, 0.3) is 0 Å². The minimum absolute atomic E-state index is 0.00626. The number of ether oxygens (including phenoxy) is 1. The zero-order valence-electron chi connectivity index (χ0n) is 13.5. The van der Waals surface area contributed by atoms with Crippen LogP contribution in [0.1, 0.15) is 50.4 Å². The smallest absolute Gasteiger partial charge is 0.223 e. The van der Waals surface area contributed by atoms with Gasteiger partial charge in [-0.15, -0.1) is 0 Å². The van der Waals surface area contributed by atoms with Crippen molar-refractivity contribution in [3.05, 3.63) is 53.2 Å². The molecule has 112 valence electrons. The molecule has 21 heavy (non-hydrogen) atoms. The highest BCUT2D eigenvalue weighted by molar-refractivity contribution is 5.44. The van der Waals surface area contributed by atoms with Crippen LogP contribution < -0.4 is 10.5 Å². The molecule has 0 saturated carbocycles. The van der Waals surface area contributed by atoms with Crippen LogP contribution in [0.3, 0.4) is 0 Å². The first-order chi connectivity index (χ1) is 9.79. The molecular formula is C18H24N2O. The van der Waals surface area contributed by atoms with Gasteiger partial charge in [0.1, 0.15) is 5.75 Å². The Kier molecular flexibility index (Phi) is 4.33. The van der Waals surface area contributed by atoms with Crippen LogP contribution in [-0.2, 0) is 5.41 Å². The number of nitrogens with zero attached hydrogens (tertiary/aromatic N) is 1. The number of pyridine rings is 1. The second-order valence-electron chi connectivity index (χ2n) is 6.54. The molecule has 3 heteroatoms. The molecular weight excluding hydrogens is 260 g/mol. The van der Waals surface area contributed by atoms with Gasteiger partial charge in [-0.25, -0.2) is 4.98 Å². The summed E-state index contributed by atoms with van der Waals surface area (Å²) in [4.78, 5) is 4.35. The van der Waals surface area contributed by atoms with Gasteiger partial charge in [0.05, 0.1) is 0 Å². The zero-order chi connectivity index (χ0) is 15.6. The fraction of sp³-hybridized carbons (Fsp3) is 0.389. The summed E-state index contributed by atoms with van der Waals surface area (Å²) in [7, 11) is 0. The summed E-state index contributed by atoms with van der Waals surface area (Å²) in [5, 5.41) is 0. The molecule has 0 bridgehead atoms. The SMILES string of the molecule is Cc1ccc(C(C)(C)C)c(Oc2ncccc2[C@H](C)N)c1. The van der Waals surface area contributed by atoms with E-state index in [9.17, 15) is 0 Å². The van der Waals surface area contributed by atoms with E-state index in [2.05, 4.69) is 50.9 Å². The second-order valence-corrected chi connectivity index (χ2v) is 6.54. The lowest BCUT2D eigenvalue weighted by molar-refractivity contribution is 0.431. The van der Waals surface area contributed by atoms with E-state index in [1.807, 2.05) is 19.1 Å². The summed E-state index contributed by atoms with van der Waals surface area (Å²) in [5.41, 5.74) is 9.25. The highest BCUT2D eigenvalue weighted by atomic mass is 16.5. The van der Waals surface area contributed by atoms with Crippen molar-refractivity contribution in [1.29, 1.82) is 0 Å². The molecule has 2 aromatic rings. The molecule has 1 aromatic carbocycles. The van der Waals surface area contributed by atoms with Crippen molar-refractivity contribution in [2.24, 2.45) is 5.73 Å². The first-order valence-electron chi connectivity index (χ1n) is 7.28. The fourth-order valence-corrected chi connectivity index (χ4v) is 2.27. The summed E-state index contributed by atoms with van der Waals surface area (Å²) in [5.74, 6) is 1.44. The second kappa shape index (κ2) is 5.86. The molecule has 0 aliphatic rings. The van der Waals surface area contributed by atoms with Gasteiger partial charge in [0.2, 0.25) is 5.88 Å². The molecule has 2 rings (SSSR count). The van der Waals surface area contributed by atoms with Crippen molar-refractivity contribution in [3.63, 3.8) is 0 Å². The summed E-state index contributed by atoms with van der Waals surface area (Å²) < 4.78 is 6.12. The van der Waals surface area contributed by atoms with E-state index in [-0.39, 0.29) is 11.5 Å². The Bertz CT molecular complexity index is 627. The molecule has 0 aliphatic heterocycles. The van der Waals surface area contributed by atoms with Crippen LogP contribution in [0.5, 0.6) is 11.6 Å². The maximum absolute atomic E-state index is 6.12. The average Bonchev–Trinajstić information content (AvgIpc) is 2.37. The van der Waals surface area contributed by atoms with Crippen molar-refractivity contribution in [2.45, 2.75) is 46.1 Å². The molecule has 1 atom stereocenters. The number of nitrogens with two attached hydrogens (primary N) is 1. The lowest BCUT2D eigenvalue weighted by Crippen LogP contribution is -2.13. The van der Waals surface area contributed by atoms with E-state index in [1.54, 1.807) is 6.20 Å². The Morgan fingerprint density at radius 3 is 2.52 bits per heavy atom. The van der Waals surface area contributed by atoms with E-state index in [0.717, 1.165) is 22.4 Å². The monoisotopic (exact) mass is 284 g/mol. The Labute approximate surface area is 127 Å². The number of benzene rings is 1. The third-order valence-electron chi connectivity index (χ3n) is 3.44. The number of hydrogen-bond donors (Lipinski definition) is 1. The van der Waals surface area contributed by atoms with Crippen LogP contribution >= 0.6 is 0 Å². The van der Waals surface area contributed by atoms with Crippen molar-refractivity contribution in [1.82, 2.24) is 4.98 Å². The van der Waals surface area contributed by atoms with Gasteiger partial charge in [-0.05, 0) is 37.0 Å². The molecule has 0 radical (unpaired) electrons. The Morgan fingerprint density at radius 2 is 1.90 bits per heavy atom. The quantitative estimate of drug-likeness (QED) is 0.902. The van der Waals surface area contributed by atoms with Crippen LogP contribution in [0.15, 0.2) is 36.5 Å². The topological polar surface area (TPSA) is 48.1 Å². The van der Waals surface area contributed by atoms with Crippen molar-refractivity contribution >= 4 is 0 Å². The Morgan fingerprint density at radius 1 is 1.19 bits per heavy atom. The average molecular weight is 284 g/mol.